The molecule has 1 fully saturated rings. The molecule has 0 bridgehead atoms. The average Bonchev–Trinajstić information content (AvgIpc) is 2.74. The molecule has 0 aliphatic carbocycles. The van der Waals surface area contributed by atoms with Crippen molar-refractivity contribution in [3.63, 3.8) is 0 Å². The van der Waals surface area contributed by atoms with Gasteiger partial charge in [-0.2, -0.15) is 0 Å². The lowest BCUT2D eigenvalue weighted by Gasteiger charge is -2.24. The Kier molecular flexibility index (Phi) is 3.55. The second-order valence-electron chi connectivity index (χ2n) is 5.78. The molecule has 0 unspecified atom stereocenters. The van der Waals surface area contributed by atoms with Gasteiger partial charge in [-0.1, -0.05) is 12.2 Å². The summed E-state index contributed by atoms with van der Waals surface area (Å²) in [6.45, 7) is 9.72. The largest absolute Gasteiger partial charge is 0.380 e. The molecule has 110 valence electrons. The molecular weight excluding hydrogens is 264 g/mol. The molecular formula is C17H20N2O2. The van der Waals surface area contributed by atoms with Gasteiger partial charge in [0, 0.05) is 16.6 Å². The summed E-state index contributed by atoms with van der Waals surface area (Å²) in [7, 11) is 0. The van der Waals surface area contributed by atoms with Crippen molar-refractivity contribution < 1.29 is 9.53 Å². The van der Waals surface area contributed by atoms with Crippen LogP contribution in [0, 0.1) is 12.8 Å². The molecule has 2 aromatic rings. The van der Waals surface area contributed by atoms with Gasteiger partial charge in [0.2, 0.25) is 5.91 Å². The van der Waals surface area contributed by atoms with Crippen molar-refractivity contribution in [1.29, 1.82) is 0 Å². The first-order valence-electron chi connectivity index (χ1n) is 7.18. The van der Waals surface area contributed by atoms with Crippen LogP contribution >= 0.6 is 0 Å². The number of hydrogen-bond donors (Lipinski definition) is 2. The number of allylic oxidation sites excluding steroid dienone is 1. The first-order valence-corrected chi connectivity index (χ1v) is 7.18. The second-order valence-corrected chi connectivity index (χ2v) is 5.78. The Morgan fingerprint density at radius 2 is 2.19 bits per heavy atom. The van der Waals surface area contributed by atoms with E-state index in [0.29, 0.717) is 19.8 Å². The second kappa shape index (κ2) is 5.37. The van der Waals surface area contributed by atoms with Crippen molar-refractivity contribution >= 4 is 22.4 Å². The fourth-order valence-corrected chi connectivity index (χ4v) is 2.62. The van der Waals surface area contributed by atoms with Gasteiger partial charge in [-0.05, 0) is 43.2 Å². The third kappa shape index (κ3) is 2.72. The van der Waals surface area contributed by atoms with Crippen molar-refractivity contribution in [2.24, 2.45) is 5.92 Å². The topological polar surface area (TPSA) is 54.1 Å². The van der Waals surface area contributed by atoms with Crippen molar-refractivity contribution in [1.82, 2.24) is 10.3 Å². The van der Waals surface area contributed by atoms with Crippen LogP contribution in [0.5, 0.6) is 0 Å². The van der Waals surface area contributed by atoms with Gasteiger partial charge in [-0.25, -0.2) is 0 Å². The van der Waals surface area contributed by atoms with Gasteiger partial charge in [-0.15, -0.1) is 0 Å². The molecule has 3 rings (SSSR count). The van der Waals surface area contributed by atoms with E-state index in [4.69, 9.17) is 4.74 Å². The van der Waals surface area contributed by atoms with E-state index >= 15 is 0 Å². The Labute approximate surface area is 124 Å². The lowest BCUT2D eigenvalue weighted by Crippen LogP contribution is -2.41. The summed E-state index contributed by atoms with van der Waals surface area (Å²) in [5, 5.41) is 4.11. The highest BCUT2D eigenvalue weighted by Gasteiger charge is 2.26. The van der Waals surface area contributed by atoms with Crippen LogP contribution in [-0.4, -0.2) is 24.1 Å². The van der Waals surface area contributed by atoms with Crippen molar-refractivity contribution in [2.45, 2.75) is 20.4 Å². The summed E-state index contributed by atoms with van der Waals surface area (Å²) in [5.41, 5.74) is 5.54. The number of aryl methyl sites for hydroxylation is 1. The van der Waals surface area contributed by atoms with Crippen molar-refractivity contribution in [3.05, 3.63) is 41.6 Å². The van der Waals surface area contributed by atoms with Gasteiger partial charge in [-0.3, -0.25) is 4.79 Å². The Balaban J connectivity index is 1.77. The predicted octanol–water partition coefficient (Wildman–Crippen LogP) is 2.77. The zero-order valence-electron chi connectivity index (χ0n) is 12.5. The van der Waals surface area contributed by atoms with Crippen molar-refractivity contribution in [3.8, 4) is 0 Å². The van der Waals surface area contributed by atoms with Gasteiger partial charge in [0.1, 0.15) is 0 Å². The minimum absolute atomic E-state index is 0.0200. The molecule has 2 N–H and O–H groups in total. The van der Waals surface area contributed by atoms with Crippen LogP contribution in [0.25, 0.3) is 16.5 Å². The number of benzene rings is 1. The number of nitrogens with one attached hydrogen (secondary N) is 2. The molecule has 2 heterocycles. The summed E-state index contributed by atoms with van der Waals surface area (Å²) < 4.78 is 5.03. The molecule has 1 aromatic carbocycles. The molecule has 4 nitrogen and oxygen atoms in total. The van der Waals surface area contributed by atoms with Crippen LogP contribution in [0.3, 0.4) is 0 Å². The normalized spacial score (nSPS) is 15.0. The van der Waals surface area contributed by atoms with Gasteiger partial charge >= 0.3 is 0 Å². The smallest absolute Gasteiger partial charge is 0.228 e. The fourth-order valence-electron chi connectivity index (χ4n) is 2.62. The van der Waals surface area contributed by atoms with E-state index in [1.165, 1.54) is 11.1 Å². The number of H-pyrrole nitrogens is 1. The number of rotatable bonds is 4. The Hall–Kier alpha value is -2.07. The number of carbonyl (C=O) groups is 1. The Bertz CT molecular complexity index is 711. The zero-order valence-corrected chi connectivity index (χ0v) is 12.5. The first-order chi connectivity index (χ1) is 10.0. The first kappa shape index (κ1) is 13.9. The maximum atomic E-state index is 11.8. The molecule has 1 amide bonds. The van der Waals surface area contributed by atoms with E-state index in [0.717, 1.165) is 22.2 Å². The quantitative estimate of drug-likeness (QED) is 0.907. The SMILES string of the molecule is C=C(C)c1cc2[nH]c(CNC(=O)C3COC3)cc2cc1C. The van der Waals surface area contributed by atoms with Crippen LogP contribution < -0.4 is 5.32 Å². The van der Waals surface area contributed by atoms with Crippen molar-refractivity contribution in [2.75, 3.05) is 13.2 Å². The molecule has 0 spiro atoms. The van der Waals surface area contributed by atoms with Gasteiger partial charge < -0.3 is 15.0 Å². The van der Waals surface area contributed by atoms with Crippen LogP contribution in [-0.2, 0) is 16.1 Å². The highest BCUT2D eigenvalue weighted by molar-refractivity contribution is 5.86. The highest BCUT2D eigenvalue weighted by Crippen LogP contribution is 2.24. The van der Waals surface area contributed by atoms with Crippen LogP contribution in [0.2, 0.25) is 0 Å². The highest BCUT2D eigenvalue weighted by atomic mass is 16.5. The van der Waals surface area contributed by atoms with E-state index in [-0.39, 0.29) is 11.8 Å². The molecule has 1 saturated heterocycles. The maximum absolute atomic E-state index is 11.8. The number of hydrogen-bond acceptors (Lipinski definition) is 2. The van der Waals surface area contributed by atoms with Gasteiger partial charge in [0.15, 0.2) is 0 Å². The molecule has 1 aliphatic heterocycles. The third-order valence-corrected chi connectivity index (χ3v) is 3.94. The van der Waals surface area contributed by atoms with E-state index < -0.39 is 0 Å². The zero-order chi connectivity index (χ0) is 15.0. The van der Waals surface area contributed by atoms with Crippen LogP contribution in [0.1, 0.15) is 23.7 Å². The lowest BCUT2D eigenvalue weighted by atomic mass is 10.0. The molecule has 0 saturated carbocycles. The summed E-state index contributed by atoms with van der Waals surface area (Å²) >= 11 is 0. The molecule has 4 heteroatoms. The van der Waals surface area contributed by atoms with E-state index in [1.54, 1.807) is 0 Å². The van der Waals surface area contributed by atoms with Gasteiger partial charge in [0.05, 0.1) is 25.7 Å². The average molecular weight is 284 g/mol. The maximum Gasteiger partial charge on any atom is 0.228 e. The molecule has 0 atom stereocenters. The molecule has 1 aliphatic rings. The number of aromatic amines is 1. The number of carbonyl (C=O) groups excluding carboxylic acids is 1. The number of ether oxygens (including phenoxy) is 1. The molecule has 21 heavy (non-hydrogen) atoms. The Morgan fingerprint density at radius 3 is 2.81 bits per heavy atom. The standard InChI is InChI=1S/C17H20N2O2/c1-10(2)15-6-16-12(4-11(15)3)5-14(19-16)7-18-17(20)13-8-21-9-13/h4-6,13,19H,1,7-9H2,2-3H3,(H,18,20). The van der Waals surface area contributed by atoms with E-state index in [1.807, 2.05) is 6.92 Å². The number of amides is 1. The van der Waals surface area contributed by atoms with Crippen LogP contribution in [0.4, 0.5) is 0 Å². The minimum Gasteiger partial charge on any atom is -0.380 e. The lowest BCUT2D eigenvalue weighted by molar-refractivity contribution is -0.139. The number of fused-ring (bicyclic) bond motifs is 1. The predicted molar refractivity (Wildman–Crippen MR) is 83.9 cm³/mol. The summed E-state index contributed by atoms with van der Waals surface area (Å²) in [6, 6.07) is 6.36. The molecule has 1 aromatic heterocycles. The summed E-state index contributed by atoms with van der Waals surface area (Å²) in [6.07, 6.45) is 0. The summed E-state index contributed by atoms with van der Waals surface area (Å²) in [5.74, 6) is 0.0883. The fraction of sp³-hybridized carbons (Fsp3) is 0.353. The minimum atomic E-state index is 0.0200. The summed E-state index contributed by atoms with van der Waals surface area (Å²) in [4.78, 5) is 15.2. The monoisotopic (exact) mass is 284 g/mol. The van der Waals surface area contributed by atoms with Gasteiger partial charge in [0.25, 0.3) is 0 Å². The molecule has 0 radical (unpaired) electrons. The van der Waals surface area contributed by atoms with E-state index in [9.17, 15) is 4.79 Å². The Morgan fingerprint density at radius 1 is 1.43 bits per heavy atom. The van der Waals surface area contributed by atoms with E-state index in [2.05, 4.69) is 42.0 Å². The number of aromatic nitrogens is 1. The third-order valence-electron chi connectivity index (χ3n) is 3.94. The van der Waals surface area contributed by atoms with Crippen LogP contribution in [0.15, 0.2) is 24.8 Å².